The van der Waals surface area contributed by atoms with Crippen molar-refractivity contribution < 1.29 is 0 Å². The van der Waals surface area contributed by atoms with Crippen molar-refractivity contribution >= 4 is 38.6 Å². The van der Waals surface area contributed by atoms with E-state index in [4.69, 9.17) is 0 Å². The van der Waals surface area contributed by atoms with Crippen molar-refractivity contribution in [2.24, 2.45) is 0 Å². The highest BCUT2D eigenvalue weighted by molar-refractivity contribution is 9.10. The smallest absolute Gasteiger partial charge is 0.0461 e. The van der Waals surface area contributed by atoms with E-state index in [2.05, 4.69) is 51.7 Å². The summed E-state index contributed by atoms with van der Waals surface area (Å²) in [6.45, 7) is 2.21. The first kappa shape index (κ1) is 13.3. The lowest BCUT2D eigenvalue weighted by Gasteiger charge is -2.13. The SMILES string of the molecule is CCc1ccc(CC(NC)c2cc(Br)cs2)s1. The van der Waals surface area contributed by atoms with Crippen molar-refractivity contribution in [3.63, 3.8) is 0 Å². The van der Waals surface area contributed by atoms with E-state index in [1.54, 1.807) is 0 Å². The van der Waals surface area contributed by atoms with Gasteiger partial charge in [-0.3, -0.25) is 0 Å². The van der Waals surface area contributed by atoms with Crippen LogP contribution in [0.25, 0.3) is 0 Å². The Kier molecular flexibility index (Phi) is 4.79. The minimum Gasteiger partial charge on any atom is -0.312 e. The summed E-state index contributed by atoms with van der Waals surface area (Å²) in [5.41, 5.74) is 0. The molecule has 0 radical (unpaired) electrons. The third-order valence-electron chi connectivity index (χ3n) is 2.75. The number of likely N-dealkylation sites (N-methyl/N-ethyl adjacent to an activating group) is 1. The Balaban J connectivity index is 2.09. The number of thiophene rings is 2. The van der Waals surface area contributed by atoms with Crippen molar-refractivity contribution in [2.75, 3.05) is 7.05 Å². The second kappa shape index (κ2) is 6.14. The van der Waals surface area contributed by atoms with Gasteiger partial charge < -0.3 is 5.32 Å². The van der Waals surface area contributed by atoms with Crippen LogP contribution in [0.4, 0.5) is 0 Å². The average molecular weight is 330 g/mol. The van der Waals surface area contributed by atoms with Gasteiger partial charge in [0.1, 0.15) is 0 Å². The number of aryl methyl sites for hydroxylation is 1. The molecule has 2 heterocycles. The van der Waals surface area contributed by atoms with Crippen molar-refractivity contribution in [3.8, 4) is 0 Å². The number of nitrogens with one attached hydrogen (secondary N) is 1. The zero-order valence-electron chi connectivity index (χ0n) is 10.00. The Morgan fingerprint density at radius 1 is 1.35 bits per heavy atom. The van der Waals surface area contributed by atoms with Crippen LogP contribution < -0.4 is 5.32 Å². The molecule has 17 heavy (non-hydrogen) atoms. The van der Waals surface area contributed by atoms with E-state index in [9.17, 15) is 0 Å². The molecular formula is C13H16BrNS2. The maximum absolute atomic E-state index is 3.52. The molecule has 1 N–H and O–H groups in total. The summed E-state index contributed by atoms with van der Waals surface area (Å²) in [5, 5.41) is 5.55. The molecule has 2 aromatic heterocycles. The van der Waals surface area contributed by atoms with E-state index >= 15 is 0 Å². The van der Waals surface area contributed by atoms with Crippen LogP contribution in [0.5, 0.6) is 0 Å². The predicted molar refractivity (Wildman–Crippen MR) is 81.2 cm³/mol. The van der Waals surface area contributed by atoms with E-state index in [1.165, 1.54) is 19.1 Å². The Bertz CT molecular complexity index is 475. The number of hydrogen-bond donors (Lipinski definition) is 1. The minimum atomic E-state index is 0.426. The molecule has 92 valence electrons. The van der Waals surface area contributed by atoms with Gasteiger partial charge in [-0.25, -0.2) is 0 Å². The van der Waals surface area contributed by atoms with E-state index in [-0.39, 0.29) is 0 Å². The highest BCUT2D eigenvalue weighted by atomic mass is 79.9. The zero-order valence-corrected chi connectivity index (χ0v) is 13.2. The lowest BCUT2D eigenvalue weighted by molar-refractivity contribution is 0.607. The fourth-order valence-electron chi connectivity index (χ4n) is 1.78. The van der Waals surface area contributed by atoms with E-state index in [0.29, 0.717) is 6.04 Å². The van der Waals surface area contributed by atoms with Crippen LogP contribution in [0.15, 0.2) is 28.1 Å². The first-order valence-electron chi connectivity index (χ1n) is 5.71. The quantitative estimate of drug-likeness (QED) is 0.842. The van der Waals surface area contributed by atoms with Crippen LogP contribution in [-0.2, 0) is 12.8 Å². The average Bonchev–Trinajstić information content (AvgIpc) is 2.94. The fourth-order valence-corrected chi connectivity index (χ4v) is 4.34. The molecule has 0 bridgehead atoms. The van der Waals surface area contributed by atoms with Crippen molar-refractivity contribution in [1.82, 2.24) is 5.32 Å². The summed E-state index contributed by atoms with van der Waals surface area (Å²) in [7, 11) is 2.03. The monoisotopic (exact) mass is 329 g/mol. The molecule has 0 fully saturated rings. The molecule has 0 spiro atoms. The standard InChI is InChI=1S/C13H16BrNS2/c1-3-10-4-5-11(17-10)7-12(15-2)13-6-9(14)8-16-13/h4-6,8,12,15H,3,7H2,1-2H3. The number of hydrogen-bond acceptors (Lipinski definition) is 3. The maximum Gasteiger partial charge on any atom is 0.0461 e. The largest absolute Gasteiger partial charge is 0.312 e. The number of halogens is 1. The molecule has 0 saturated carbocycles. The maximum atomic E-state index is 3.52. The third kappa shape index (κ3) is 3.41. The lowest BCUT2D eigenvalue weighted by atomic mass is 10.1. The van der Waals surface area contributed by atoms with Crippen LogP contribution in [0.3, 0.4) is 0 Å². The molecule has 1 atom stereocenters. The van der Waals surface area contributed by atoms with Gasteiger partial charge in [-0.1, -0.05) is 6.92 Å². The second-order valence-corrected chi connectivity index (χ2v) is 7.05. The molecule has 1 unspecified atom stereocenters. The fraction of sp³-hybridized carbons (Fsp3) is 0.385. The summed E-state index contributed by atoms with van der Waals surface area (Å²) in [6.07, 6.45) is 2.22. The Labute approximate surface area is 119 Å². The summed E-state index contributed by atoms with van der Waals surface area (Å²) in [4.78, 5) is 4.33. The van der Waals surface area contributed by atoms with E-state index in [1.807, 2.05) is 29.7 Å². The van der Waals surface area contributed by atoms with Crippen LogP contribution in [0.2, 0.25) is 0 Å². The van der Waals surface area contributed by atoms with E-state index < -0.39 is 0 Å². The van der Waals surface area contributed by atoms with Gasteiger partial charge in [-0.15, -0.1) is 22.7 Å². The van der Waals surface area contributed by atoms with Gasteiger partial charge >= 0.3 is 0 Å². The highest BCUT2D eigenvalue weighted by Gasteiger charge is 2.13. The van der Waals surface area contributed by atoms with Crippen molar-refractivity contribution in [3.05, 3.63) is 42.7 Å². The molecule has 4 heteroatoms. The summed E-state index contributed by atoms with van der Waals surface area (Å²) < 4.78 is 1.18. The molecule has 1 nitrogen and oxygen atoms in total. The Morgan fingerprint density at radius 2 is 2.12 bits per heavy atom. The lowest BCUT2D eigenvalue weighted by Crippen LogP contribution is -2.17. The van der Waals surface area contributed by atoms with Crippen molar-refractivity contribution in [2.45, 2.75) is 25.8 Å². The zero-order chi connectivity index (χ0) is 12.3. The second-order valence-electron chi connectivity index (χ2n) is 3.93. The normalized spacial score (nSPS) is 12.9. The third-order valence-corrected chi connectivity index (χ3v) is 5.81. The molecule has 2 rings (SSSR count). The first-order valence-corrected chi connectivity index (χ1v) is 8.20. The van der Waals surface area contributed by atoms with Crippen LogP contribution in [0.1, 0.15) is 27.6 Å². The van der Waals surface area contributed by atoms with Crippen LogP contribution >= 0.6 is 38.6 Å². The van der Waals surface area contributed by atoms with Gasteiger partial charge in [0.2, 0.25) is 0 Å². The summed E-state index contributed by atoms with van der Waals surface area (Å²) in [5.74, 6) is 0. The van der Waals surface area contributed by atoms with Crippen molar-refractivity contribution in [1.29, 1.82) is 0 Å². The molecule has 0 aliphatic rings. The van der Waals surface area contributed by atoms with Gasteiger partial charge in [0, 0.05) is 36.9 Å². The summed E-state index contributed by atoms with van der Waals surface area (Å²) >= 11 is 7.26. The van der Waals surface area contributed by atoms with Gasteiger partial charge in [0.05, 0.1) is 0 Å². The van der Waals surface area contributed by atoms with E-state index in [0.717, 1.165) is 12.8 Å². The van der Waals surface area contributed by atoms with Crippen LogP contribution in [-0.4, -0.2) is 7.05 Å². The number of rotatable bonds is 5. The van der Waals surface area contributed by atoms with Gasteiger partial charge in [0.25, 0.3) is 0 Å². The molecule has 0 aliphatic heterocycles. The molecule has 0 saturated heterocycles. The predicted octanol–water partition coefficient (Wildman–Crippen LogP) is 4.64. The van der Waals surface area contributed by atoms with Gasteiger partial charge in [-0.05, 0) is 47.6 Å². The Morgan fingerprint density at radius 3 is 2.65 bits per heavy atom. The first-order chi connectivity index (χ1) is 8.22. The molecule has 0 amide bonds. The van der Waals surface area contributed by atoms with Gasteiger partial charge in [-0.2, -0.15) is 0 Å². The van der Waals surface area contributed by atoms with Gasteiger partial charge in [0.15, 0.2) is 0 Å². The molecule has 2 aromatic rings. The topological polar surface area (TPSA) is 12.0 Å². The summed E-state index contributed by atoms with van der Waals surface area (Å²) in [6, 6.07) is 7.14. The molecule has 0 aromatic carbocycles. The van der Waals surface area contributed by atoms with Crippen LogP contribution in [0, 0.1) is 0 Å². The Hall–Kier alpha value is -0.160. The molecule has 0 aliphatic carbocycles. The molecular weight excluding hydrogens is 314 g/mol. The minimum absolute atomic E-state index is 0.426. The highest BCUT2D eigenvalue weighted by Crippen LogP contribution is 2.29.